The van der Waals surface area contributed by atoms with E-state index in [1.54, 1.807) is 119 Å². The highest BCUT2D eigenvalue weighted by molar-refractivity contribution is 14.1. The van der Waals surface area contributed by atoms with Gasteiger partial charge >= 0.3 is 47.8 Å². The summed E-state index contributed by atoms with van der Waals surface area (Å²) in [7, 11) is 6.28. The Bertz CT molecular complexity index is 4600. The maximum absolute atomic E-state index is 13.1. The molecule has 0 bridgehead atoms. The summed E-state index contributed by atoms with van der Waals surface area (Å²) in [6.07, 6.45) is -7.83. The lowest BCUT2D eigenvalue weighted by Gasteiger charge is -2.68. The molecule has 4 aromatic carbocycles. The van der Waals surface area contributed by atoms with Gasteiger partial charge in [-0.25, -0.2) is 19.2 Å². The molecule has 38 heteroatoms. The number of halogens is 1. The number of para-hydroxylation sites is 4. The number of esters is 7. The van der Waals surface area contributed by atoms with Gasteiger partial charge in [-0.3, -0.25) is 19.2 Å². The smallest absolute Gasteiger partial charge is 0.342 e. The molecule has 8 aliphatic rings. The van der Waals surface area contributed by atoms with Gasteiger partial charge in [0.25, 0.3) is 0 Å². The maximum Gasteiger partial charge on any atom is 0.342 e. The number of hydrogen-bond acceptors (Lipinski definition) is 36. The summed E-state index contributed by atoms with van der Waals surface area (Å²) in [5, 5.41) is 56.8. The van der Waals surface area contributed by atoms with Crippen LogP contribution in [0.1, 0.15) is 230 Å². The van der Waals surface area contributed by atoms with Gasteiger partial charge in [-0.1, -0.05) is 71.1 Å². The zero-order chi connectivity index (χ0) is 99.7. The fourth-order valence-corrected chi connectivity index (χ4v) is 18.8. The van der Waals surface area contributed by atoms with Crippen LogP contribution in [-0.4, -0.2) is 277 Å². The lowest BCUT2D eigenvalue weighted by atomic mass is 9.60. The van der Waals surface area contributed by atoms with E-state index < -0.39 is 193 Å². The van der Waals surface area contributed by atoms with Gasteiger partial charge in [0.1, 0.15) is 145 Å². The summed E-state index contributed by atoms with van der Waals surface area (Å²) in [5.74, 6) is -12.8. The van der Waals surface area contributed by atoms with E-state index in [0.29, 0.717) is 4.91 Å². The number of alkyl halides is 1. The van der Waals surface area contributed by atoms with Crippen LogP contribution in [-0.2, 0) is 109 Å². The number of carboxylic acid groups (broad SMARTS) is 1. The molecule has 8 heterocycles. The van der Waals surface area contributed by atoms with Crippen LogP contribution >= 0.6 is 22.6 Å². The van der Waals surface area contributed by atoms with E-state index in [2.05, 4.69) is 4.74 Å². The number of rotatable bonds is 19. The van der Waals surface area contributed by atoms with Crippen LogP contribution in [0.2, 0.25) is 0 Å². The van der Waals surface area contributed by atoms with Crippen molar-refractivity contribution in [2.24, 2.45) is 0 Å². The summed E-state index contributed by atoms with van der Waals surface area (Å²) in [6.45, 7) is 46.1. The molecule has 12 rings (SSSR count). The Kier molecular flexibility index (Phi) is 32.4. The van der Waals surface area contributed by atoms with Crippen LogP contribution in [0.5, 0.6) is 23.0 Å². The summed E-state index contributed by atoms with van der Waals surface area (Å²) < 4.78 is 142. The first-order valence-electron chi connectivity index (χ1n) is 42.3. The Morgan fingerprint density at radius 2 is 0.654 bits per heavy atom. The van der Waals surface area contributed by atoms with Crippen LogP contribution < -0.4 is 18.9 Å². The third-order valence-electron chi connectivity index (χ3n) is 26.3. The van der Waals surface area contributed by atoms with E-state index in [1.165, 1.54) is 76.2 Å². The molecule has 0 saturated carbocycles. The highest BCUT2D eigenvalue weighted by Crippen LogP contribution is 2.69. The van der Waals surface area contributed by atoms with Crippen molar-refractivity contribution < 1.29 is 179 Å². The second-order valence-corrected chi connectivity index (χ2v) is 36.5. The number of aliphatic hydroxyl groups excluding tert-OH is 5. The molecule has 0 amide bonds. The second-order valence-electron chi connectivity index (χ2n) is 36.5. The number of methoxy groups -OCH3 is 4. The third-order valence-corrected chi connectivity index (χ3v) is 26.3. The van der Waals surface area contributed by atoms with Crippen LogP contribution in [0.15, 0.2) is 97.1 Å². The molecule has 4 aromatic rings. The van der Waals surface area contributed by atoms with E-state index >= 15 is 0 Å². The van der Waals surface area contributed by atoms with Crippen molar-refractivity contribution in [3.05, 3.63) is 119 Å². The molecule has 728 valence electrons. The van der Waals surface area contributed by atoms with Crippen LogP contribution in [0.25, 0.3) is 0 Å². The van der Waals surface area contributed by atoms with Crippen molar-refractivity contribution >= 4 is 70.3 Å². The van der Waals surface area contributed by atoms with E-state index in [0.717, 1.165) is 0 Å². The molecular weight excluding hydrogens is 1820 g/mol. The van der Waals surface area contributed by atoms with Crippen molar-refractivity contribution in [3.63, 3.8) is 0 Å². The predicted octanol–water partition coefficient (Wildman–Crippen LogP) is 10.5. The first-order chi connectivity index (χ1) is 60.0. The van der Waals surface area contributed by atoms with Gasteiger partial charge in [0, 0.05) is 57.5 Å². The average Bonchev–Trinajstić information content (AvgIpc) is 1.48. The van der Waals surface area contributed by atoms with Gasteiger partial charge in [-0.15, -0.1) is 0 Å². The Morgan fingerprint density at radius 1 is 0.362 bits per heavy atom. The van der Waals surface area contributed by atoms with Crippen molar-refractivity contribution in [3.8, 4) is 23.0 Å². The molecule has 0 aliphatic carbocycles. The normalized spacial score (nSPS) is 37.0. The summed E-state index contributed by atoms with van der Waals surface area (Å²) >= 11 is 1.96. The largest absolute Gasteiger partial charge is 0.478 e. The number of ether oxygens (including phenoxy) is 23. The van der Waals surface area contributed by atoms with Gasteiger partial charge in [-0.05, 0) is 213 Å². The standard InChI is InChI=1S/2C26H36O9.C15H18O9.C15H30O6.C9H8O4.CH3I/c2*1-16(27)30-18-14-12-11-13-17(18)19(28)29-15-22(6)23(7)24(8,32-20(2,3)31-23)25(9)26(10,35-22)34-21(4,5)33-25;1-7(16)23-9-5-3-2-4-8(9)14(20)22-6-10-11(17)12(18)13(19)15(21)24-10;1-11(10-16)12(2,17-6)13(3,18-7)14(4,19-8)15(5,20-9)21-11;1-6(10)13-8-5-3-2-4-7(8)9(11)12;1-2/h2*11-14H,15H2,1-10H3;2-5,10-13,15,17-19,21H,6H2,1H3;16H,10H2,1-9H3;2-5H,1H3,(H,11,12);1H3/t2*22?,23-,24+,25?,26+;10?,11-,12-,13?,15-;11?,12-,13+,14?,15+;;/m1101../s1/i;;;;;1D. The van der Waals surface area contributed by atoms with E-state index in [4.69, 9.17) is 111 Å². The number of aliphatic hydroxyl groups is 5. The van der Waals surface area contributed by atoms with Crippen LogP contribution in [0, 0.1) is 0 Å². The van der Waals surface area contributed by atoms with Gasteiger partial charge in [0.2, 0.25) is 11.6 Å². The number of benzene rings is 4. The number of fused-ring (bicyclic) bond motifs is 6. The molecule has 37 nitrogen and oxygen atoms in total. The molecule has 6 N–H and O–H groups in total. The molecule has 0 aromatic heterocycles. The first kappa shape index (κ1) is 108. The molecule has 0 radical (unpaired) electrons. The molecule has 8 fully saturated rings. The predicted molar refractivity (Wildman–Crippen MR) is 467 cm³/mol. The van der Waals surface area contributed by atoms with Crippen LogP contribution in [0.3, 0.4) is 0 Å². The van der Waals surface area contributed by atoms with Crippen molar-refractivity contribution in [1.29, 1.82) is 0 Å². The molecule has 130 heavy (non-hydrogen) atoms. The molecule has 8 unspecified atom stereocenters. The molecule has 0 spiro atoms. The number of carbonyl (C=O) groups excluding carboxylic acids is 7. The quantitative estimate of drug-likeness (QED) is 0.0167. The zero-order valence-corrected chi connectivity index (χ0v) is 82.0. The van der Waals surface area contributed by atoms with Gasteiger partial charge in [-0.2, -0.15) is 0 Å². The highest BCUT2D eigenvalue weighted by atomic mass is 127. The van der Waals surface area contributed by atoms with E-state index in [1.807, 2.05) is 140 Å². The number of aromatic carboxylic acids is 1. The molecule has 8 aliphatic heterocycles. The number of hydrogen-bond donors (Lipinski definition) is 6. The fraction of sp³-hybridized carbons (Fsp3) is 0.652. The van der Waals surface area contributed by atoms with Gasteiger partial charge < -0.3 is 140 Å². The SMILES string of the molecule is CC(=O)Oc1ccccc1C(=O)O.CC(=O)Oc1ccccc1C(=O)OCC1(C)O[C@]2(C)OC(C)(C)OC2(C)[C@@]2(C)OC(C)(C)O[C@]12C.CC(=O)Oc1ccccc1C(=O)OCC1(C)O[C@]2(C)OC(C)(C)OC2(C)[C@@]2(C)OC(C)(C)O[C@]12C.CC(=O)Oc1ccccc1C(=O)OCC1O[C@H](O)C(O)[C@@H](O)[C@H]1O.COC1(C)[C@@](C)(OC)OC(C)(CO)[C@@](C)(OC)[C@]1(C)OC.[2H]CI. The van der Waals surface area contributed by atoms with E-state index in [-0.39, 0.29) is 65.1 Å². The maximum atomic E-state index is 13.1. The summed E-state index contributed by atoms with van der Waals surface area (Å²) in [4.78, 5) is 94.0. The summed E-state index contributed by atoms with van der Waals surface area (Å²) in [6, 6.07) is 24.7. The van der Waals surface area contributed by atoms with E-state index in [9.17, 15) is 63.9 Å². The average molecular weight is 1960 g/mol. The third kappa shape index (κ3) is 19.9. The lowest BCUT2D eigenvalue weighted by molar-refractivity contribution is -0.461. The van der Waals surface area contributed by atoms with Crippen molar-refractivity contribution in [1.82, 2.24) is 0 Å². The Hall–Kier alpha value is -7.47. The van der Waals surface area contributed by atoms with Gasteiger partial charge in [0.15, 0.2) is 46.4 Å². The number of carboxylic acids is 1. The van der Waals surface area contributed by atoms with Gasteiger partial charge in [0.05, 0.1) is 6.61 Å². The minimum atomic E-state index is -1.72. The second kappa shape index (κ2) is 39.1. The Balaban J connectivity index is 0.000000230. The lowest BCUT2D eigenvalue weighted by Crippen LogP contribution is -2.85. The molecular formula is C92H131IO37. The fourth-order valence-electron chi connectivity index (χ4n) is 18.8. The Morgan fingerprint density at radius 3 is 0.962 bits per heavy atom. The zero-order valence-electron chi connectivity index (χ0n) is 80.9. The monoisotopic (exact) mass is 1960 g/mol. The van der Waals surface area contributed by atoms with Crippen LogP contribution in [0.4, 0.5) is 0 Å². The number of carbonyl (C=O) groups is 8. The van der Waals surface area contributed by atoms with Crippen molar-refractivity contribution in [2.45, 2.75) is 325 Å². The van der Waals surface area contributed by atoms with Crippen molar-refractivity contribution in [2.75, 3.05) is 59.8 Å². The summed E-state index contributed by atoms with van der Waals surface area (Å²) in [5.41, 5.74) is -12.7. The molecule has 8 saturated heterocycles. The molecule has 20 atom stereocenters. The Labute approximate surface area is 773 Å². The minimum Gasteiger partial charge on any atom is -0.478 e. The highest BCUT2D eigenvalue weighted by Gasteiger charge is 2.87. The minimum absolute atomic E-state index is 0.00982. The topological polar surface area (TPSA) is 470 Å². The first-order valence-corrected chi connectivity index (χ1v) is 43.1.